The average molecular weight is 301 g/mol. The number of rotatable bonds is 2. The molecular formula is C14H15N5O3. The summed E-state index contributed by atoms with van der Waals surface area (Å²) in [5, 5.41) is 8.15. The second kappa shape index (κ2) is 4.99. The van der Waals surface area contributed by atoms with Gasteiger partial charge in [-0.2, -0.15) is 0 Å². The Hall–Kier alpha value is -2.61. The van der Waals surface area contributed by atoms with Gasteiger partial charge in [-0.15, -0.1) is 10.2 Å². The van der Waals surface area contributed by atoms with Crippen molar-refractivity contribution in [3.05, 3.63) is 35.4 Å². The Balaban J connectivity index is 1.56. The van der Waals surface area contributed by atoms with E-state index in [9.17, 15) is 4.79 Å². The SMILES string of the molecule is NCc1nnc2n1CCN(C(=O)c1ccc3c(c1)OCO3)C2. The molecule has 114 valence electrons. The molecule has 8 heteroatoms. The zero-order chi connectivity index (χ0) is 15.1. The van der Waals surface area contributed by atoms with Gasteiger partial charge in [0, 0.05) is 18.7 Å². The molecule has 2 aliphatic heterocycles. The van der Waals surface area contributed by atoms with Gasteiger partial charge in [0.1, 0.15) is 5.82 Å². The van der Waals surface area contributed by atoms with Gasteiger partial charge in [-0.1, -0.05) is 0 Å². The Morgan fingerprint density at radius 1 is 1.23 bits per heavy atom. The van der Waals surface area contributed by atoms with Crippen LogP contribution in [-0.4, -0.2) is 38.9 Å². The quantitative estimate of drug-likeness (QED) is 0.846. The highest BCUT2D eigenvalue weighted by Crippen LogP contribution is 2.33. The smallest absolute Gasteiger partial charge is 0.254 e. The third-order valence-electron chi connectivity index (χ3n) is 3.92. The number of nitrogens with two attached hydrogens (primary N) is 1. The highest BCUT2D eigenvalue weighted by molar-refractivity contribution is 5.95. The zero-order valence-corrected chi connectivity index (χ0v) is 11.9. The lowest BCUT2D eigenvalue weighted by molar-refractivity contribution is 0.0706. The van der Waals surface area contributed by atoms with E-state index in [1.807, 2.05) is 4.57 Å². The van der Waals surface area contributed by atoms with Gasteiger partial charge in [-0.25, -0.2) is 0 Å². The van der Waals surface area contributed by atoms with Gasteiger partial charge in [0.2, 0.25) is 6.79 Å². The molecule has 0 spiro atoms. The van der Waals surface area contributed by atoms with E-state index in [0.29, 0.717) is 43.2 Å². The number of carbonyl (C=O) groups is 1. The van der Waals surface area contributed by atoms with Crippen LogP contribution in [0.15, 0.2) is 18.2 Å². The molecule has 2 N–H and O–H groups in total. The normalized spacial score (nSPS) is 15.8. The van der Waals surface area contributed by atoms with Crippen LogP contribution in [-0.2, 0) is 19.6 Å². The standard InChI is InChI=1S/C14H15N5O3/c15-6-12-16-17-13-7-18(3-4-19(12)13)14(20)9-1-2-10-11(5-9)22-8-21-10/h1-2,5H,3-4,6-8,15H2. The Morgan fingerprint density at radius 2 is 2.09 bits per heavy atom. The molecule has 1 amide bonds. The molecule has 2 aliphatic rings. The minimum Gasteiger partial charge on any atom is -0.454 e. The van der Waals surface area contributed by atoms with Gasteiger partial charge >= 0.3 is 0 Å². The van der Waals surface area contributed by atoms with E-state index in [1.165, 1.54) is 0 Å². The van der Waals surface area contributed by atoms with Gasteiger partial charge in [0.25, 0.3) is 5.91 Å². The van der Waals surface area contributed by atoms with E-state index in [2.05, 4.69) is 10.2 Å². The molecule has 0 atom stereocenters. The number of aromatic nitrogens is 3. The molecule has 1 aromatic heterocycles. The molecule has 8 nitrogen and oxygen atoms in total. The fourth-order valence-electron chi connectivity index (χ4n) is 2.75. The number of benzene rings is 1. The second-order valence-electron chi connectivity index (χ2n) is 5.18. The summed E-state index contributed by atoms with van der Waals surface area (Å²) in [7, 11) is 0. The number of fused-ring (bicyclic) bond motifs is 2. The van der Waals surface area contributed by atoms with Gasteiger partial charge < -0.3 is 24.7 Å². The van der Waals surface area contributed by atoms with E-state index < -0.39 is 0 Å². The van der Waals surface area contributed by atoms with Crippen LogP contribution in [0.3, 0.4) is 0 Å². The van der Waals surface area contributed by atoms with Crippen molar-refractivity contribution in [2.24, 2.45) is 5.73 Å². The molecular weight excluding hydrogens is 286 g/mol. The monoisotopic (exact) mass is 301 g/mol. The van der Waals surface area contributed by atoms with Crippen LogP contribution in [0.5, 0.6) is 11.5 Å². The predicted octanol–water partition coefficient (Wildman–Crippen LogP) is 0.121. The largest absolute Gasteiger partial charge is 0.454 e. The molecule has 1 aromatic carbocycles. The Kier molecular flexibility index (Phi) is 2.97. The van der Waals surface area contributed by atoms with Gasteiger partial charge in [-0.05, 0) is 18.2 Å². The second-order valence-corrected chi connectivity index (χ2v) is 5.18. The van der Waals surface area contributed by atoms with E-state index >= 15 is 0 Å². The minimum atomic E-state index is -0.0538. The summed E-state index contributed by atoms with van der Waals surface area (Å²) in [4.78, 5) is 14.4. The summed E-state index contributed by atoms with van der Waals surface area (Å²) < 4.78 is 12.6. The van der Waals surface area contributed by atoms with Crippen molar-refractivity contribution in [3.8, 4) is 11.5 Å². The van der Waals surface area contributed by atoms with Crippen molar-refractivity contribution in [3.63, 3.8) is 0 Å². The molecule has 0 aliphatic carbocycles. The van der Waals surface area contributed by atoms with E-state index in [1.54, 1.807) is 23.1 Å². The van der Waals surface area contributed by atoms with E-state index in [-0.39, 0.29) is 12.7 Å². The maximum absolute atomic E-state index is 12.6. The summed E-state index contributed by atoms with van der Waals surface area (Å²) in [5.74, 6) is 2.74. The third-order valence-corrected chi connectivity index (χ3v) is 3.92. The maximum Gasteiger partial charge on any atom is 0.254 e. The molecule has 2 aromatic rings. The molecule has 22 heavy (non-hydrogen) atoms. The van der Waals surface area contributed by atoms with Crippen LogP contribution in [0, 0.1) is 0 Å². The lowest BCUT2D eigenvalue weighted by atomic mass is 10.1. The molecule has 0 unspecified atom stereocenters. The highest BCUT2D eigenvalue weighted by Gasteiger charge is 2.26. The fourth-order valence-corrected chi connectivity index (χ4v) is 2.75. The lowest BCUT2D eigenvalue weighted by Gasteiger charge is -2.27. The summed E-state index contributed by atoms with van der Waals surface area (Å²) in [6, 6.07) is 5.23. The van der Waals surface area contributed by atoms with Crippen LogP contribution in [0.1, 0.15) is 22.0 Å². The number of carbonyl (C=O) groups excluding carboxylic acids is 1. The zero-order valence-electron chi connectivity index (χ0n) is 11.9. The predicted molar refractivity (Wildman–Crippen MR) is 75.2 cm³/mol. The first-order valence-electron chi connectivity index (χ1n) is 7.06. The molecule has 0 saturated carbocycles. The fraction of sp³-hybridized carbons (Fsp3) is 0.357. The van der Waals surface area contributed by atoms with Crippen LogP contribution >= 0.6 is 0 Å². The van der Waals surface area contributed by atoms with Gasteiger partial charge in [-0.3, -0.25) is 4.79 Å². The molecule has 3 heterocycles. The van der Waals surface area contributed by atoms with E-state index in [4.69, 9.17) is 15.2 Å². The first kappa shape index (κ1) is 13.1. The first-order chi connectivity index (χ1) is 10.8. The van der Waals surface area contributed by atoms with E-state index in [0.717, 1.165) is 11.6 Å². The summed E-state index contributed by atoms with van der Waals surface area (Å²) in [6.45, 7) is 2.24. The molecule has 0 fully saturated rings. The van der Waals surface area contributed by atoms with Gasteiger partial charge in [0.05, 0.1) is 13.1 Å². The Labute approximate surface area is 126 Å². The topological polar surface area (TPSA) is 95.5 Å². The highest BCUT2D eigenvalue weighted by atomic mass is 16.7. The van der Waals surface area contributed by atoms with Crippen LogP contribution in [0.2, 0.25) is 0 Å². The molecule has 0 saturated heterocycles. The number of hydrogen-bond acceptors (Lipinski definition) is 6. The number of amides is 1. The van der Waals surface area contributed by atoms with Crippen LogP contribution < -0.4 is 15.2 Å². The van der Waals surface area contributed by atoms with Crippen molar-refractivity contribution in [2.45, 2.75) is 19.6 Å². The van der Waals surface area contributed by atoms with Crippen molar-refractivity contribution >= 4 is 5.91 Å². The minimum absolute atomic E-state index is 0.0538. The number of ether oxygens (including phenoxy) is 2. The molecule has 4 rings (SSSR count). The first-order valence-corrected chi connectivity index (χ1v) is 7.06. The summed E-state index contributed by atoms with van der Waals surface area (Å²) in [6.07, 6.45) is 0. The van der Waals surface area contributed by atoms with Crippen molar-refractivity contribution < 1.29 is 14.3 Å². The lowest BCUT2D eigenvalue weighted by Crippen LogP contribution is -2.38. The summed E-state index contributed by atoms with van der Waals surface area (Å²) in [5.41, 5.74) is 6.21. The molecule has 0 radical (unpaired) electrons. The van der Waals surface area contributed by atoms with Crippen LogP contribution in [0.4, 0.5) is 0 Å². The maximum atomic E-state index is 12.6. The van der Waals surface area contributed by atoms with Crippen molar-refractivity contribution in [2.75, 3.05) is 13.3 Å². The Morgan fingerprint density at radius 3 is 2.95 bits per heavy atom. The Bertz CT molecular complexity index is 742. The van der Waals surface area contributed by atoms with Crippen molar-refractivity contribution in [1.82, 2.24) is 19.7 Å². The molecule has 0 bridgehead atoms. The average Bonchev–Trinajstić information content (AvgIpc) is 3.18. The summed E-state index contributed by atoms with van der Waals surface area (Å²) >= 11 is 0. The van der Waals surface area contributed by atoms with Crippen molar-refractivity contribution in [1.29, 1.82) is 0 Å². The van der Waals surface area contributed by atoms with Crippen LogP contribution in [0.25, 0.3) is 0 Å². The number of hydrogen-bond donors (Lipinski definition) is 1. The number of nitrogens with zero attached hydrogens (tertiary/aromatic N) is 4. The third kappa shape index (κ3) is 2.00. The van der Waals surface area contributed by atoms with Gasteiger partial charge in [0.15, 0.2) is 17.3 Å².